The fourth-order valence-corrected chi connectivity index (χ4v) is 4.58. The molecule has 2 aliphatic rings. The fourth-order valence-electron chi connectivity index (χ4n) is 3.87. The normalized spacial score (nSPS) is 20.3. The molecule has 0 bridgehead atoms. The van der Waals surface area contributed by atoms with Gasteiger partial charge in [-0.3, -0.25) is 4.79 Å². The van der Waals surface area contributed by atoms with Crippen molar-refractivity contribution in [2.45, 2.75) is 26.2 Å². The van der Waals surface area contributed by atoms with Crippen molar-refractivity contribution in [1.29, 1.82) is 0 Å². The maximum Gasteiger partial charge on any atom is 0.229 e. The minimum atomic E-state index is 0. The van der Waals surface area contributed by atoms with E-state index in [1.165, 1.54) is 11.3 Å². The van der Waals surface area contributed by atoms with Crippen LogP contribution in [0, 0.1) is 18.3 Å². The molecule has 1 aromatic heterocycles. The number of carbonyl (C=O) groups excluding carboxylic acids is 1. The zero-order valence-electron chi connectivity index (χ0n) is 15.0. The molecule has 5 nitrogen and oxygen atoms in total. The van der Waals surface area contributed by atoms with Gasteiger partial charge >= 0.3 is 0 Å². The summed E-state index contributed by atoms with van der Waals surface area (Å²) in [4.78, 5) is 17.2. The average molecular weight is 394 g/mol. The van der Waals surface area contributed by atoms with Crippen LogP contribution in [0.4, 0.5) is 5.13 Å². The van der Waals surface area contributed by atoms with Crippen LogP contribution in [0.3, 0.4) is 0 Å². The zero-order chi connectivity index (χ0) is 17.4. The Kier molecular flexibility index (Phi) is 5.55. The number of hydrogen-bond acceptors (Lipinski definition) is 5. The predicted molar refractivity (Wildman–Crippen MR) is 107 cm³/mol. The van der Waals surface area contributed by atoms with Gasteiger partial charge in [-0.15, -0.1) is 23.7 Å². The van der Waals surface area contributed by atoms with Crippen LogP contribution >= 0.6 is 23.7 Å². The number of aryl methyl sites for hydroxylation is 1. The van der Waals surface area contributed by atoms with Crippen molar-refractivity contribution in [3.8, 4) is 17.0 Å². The second kappa shape index (κ2) is 7.55. The first kappa shape index (κ1) is 19.1. The molecule has 1 unspecified atom stereocenters. The molecular formula is C19H24ClN3O2S. The fraction of sp³-hybridized carbons (Fsp3) is 0.474. The van der Waals surface area contributed by atoms with Crippen LogP contribution in [0.15, 0.2) is 23.6 Å². The van der Waals surface area contributed by atoms with E-state index < -0.39 is 0 Å². The third-order valence-electron chi connectivity index (χ3n) is 5.47. The number of hydrogen-bond donors (Lipinski definition) is 2. The van der Waals surface area contributed by atoms with E-state index in [2.05, 4.69) is 21.7 Å². The summed E-state index contributed by atoms with van der Waals surface area (Å²) in [6, 6.07) is 6.03. The Bertz CT molecular complexity index is 802. The number of aromatic nitrogens is 1. The predicted octanol–water partition coefficient (Wildman–Crippen LogP) is 3.88. The Morgan fingerprint density at radius 2 is 2.15 bits per heavy atom. The van der Waals surface area contributed by atoms with Gasteiger partial charge in [0.05, 0.1) is 12.8 Å². The Hall–Kier alpha value is -1.63. The first-order chi connectivity index (χ1) is 12.1. The largest absolute Gasteiger partial charge is 0.496 e. The number of nitrogens with one attached hydrogen (secondary N) is 2. The van der Waals surface area contributed by atoms with Crippen molar-refractivity contribution >= 4 is 34.8 Å². The number of halogens is 1. The van der Waals surface area contributed by atoms with Crippen LogP contribution in [0.25, 0.3) is 11.3 Å². The van der Waals surface area contributed by atoms with Crippen LogP contribution in [-0.2, 0) is 4.79 Å². The molecule has 2 heterocycles. The highest BCUT2D eigenvalue weighted by molar-refractivity contribution is 7.14. The summed E-state index contributed by atoms with van der Waals surface area (Å²) in [5.74, 6) is 1.07. The van der Waals surface area contributed by atoms with Crippen molar-refractivity contribution in [2.75, 3.05) is 25.5 Å². The standard InChI is InChI=1S/C19H23N3O2S.ClH/c1-12-3-4-16(24-2)13(9-12)15-11-25-18(21-15)22-17(23)14-10-19(14)5-7-20-8-6-19;/h3-4,9,11,14,20H,5-8,10H2,1-2H3,(H,21,22,23);1H. The molecular weight excluding hydrogens is 370 g/mol. The Balaban J connectivity index is 0.00000196. The second-order valence-electron chi connectivity index (χ2n) is 7.10. The van der Waals surface area contributed by atoms with Crippen molar-refractivity contribution in [1.82, 2.24) is 10.3 Å². The van der Waals surface area contributed by atoms with Gasteiger partial charge in [-0.1, -0.05) is 11.6 Å². The van der Waals surface area contributed by atoms with Crippen LogP contribution in [0.1, 0.15) is 24.8 Å². The number of carbonyl (C=O) groups is 1. The Morgan fingerprint density at radius 1 is 1.38 bits per heavy atom. The molecule has 1 spiro atoms. The van der Waals surface area contributed by atoms with Gasteiger partial charge in [-0.2, -0.15) is 0 Å². The van der Waals surface area contributed by atoms with E-state index in [1.807, 2.05) is 24.4 Å². The van der Waals surface area contributed by atoms with E-state index in [0.717, 1.165) is 54.9 Å². The molecule has 2 N–H and O–H groups in total. The number of thiazole rings is 1. The van der Waals surface area contributed by atoms with Gasteiger partial charge in [-0.25, -0.2) is 4.98 Å². The molecule has 7 heteroatoms. The van der Waals surface area contributed by atoms with Gasteiger partial charge in [0.15, 0.2) is 5.13 Å². The molecule has 4 rings (SSSR count). The summed E-state index contributed by atoms with van der Waals surface area (Å²) in [5.41, 5.74) is 3.20. The highest BCUT2D eigenvalue weighted by Gasteiger charge is 2.57. The average Bonchev–Trinajstić information content (AvgIpc) is 3.11. The third kappa shape index (κ3) is 3.59. The van der Waals surface area contributed by atoms with E-state index >= 15 is 0 Å². The lowest BCUT2D eigenvalue weighted by atomic mass is 9.92. The molecule has 26 heavy (non-hydrogen) atoms. The highest BCUT2D eigenvalue weighted by atomic mass is 35.5. The Labute approximate surface area is 164 Å². The number of ether oxygens (including phenoxy) is 1. The minimum Gasteiger partial charge on any atom is -0.496 e. The number of amides is 1. The van der Waals surface area contributed by atoms with Crippen molar-refractivity contribution in [3.63, 3.8) is 0 Å². The molecule has 1 saturated carbocycles. The summed E-state index contributed by atoms with van der Waals surface area (Å²) >= 11 is 1.47. The third-order valence-corrected chi connectivity index (χ3v) is 6.23. The number of piperidine rings is 1. The molecule has 1 aliphatic heterocycles. The Morgan fingerprint density at radius 3 is 2.88 bits per heavy atom. The lowest BCUT2D eigenvalue weighted by Crippen LogP contribution is -2.31. The summed E-state index contributed by atoms with van der Waals surface area (Å²) < 4.78 is 5.44. The minimum absolute atomic E-state index is 0. The number of nitrogens with zero attached hydrogens (tertiary/aromatic N) is 1. The first-order valence-corrected chi connectivity index (χ1v) is 9.61. The van der Waals surface area contributed by atoms with Crippen molar-refractivity contribution in [3.05, 3.63) is 29.1 Å². The maximum atomic E-state index is 12.6. The van der Waals surface area contributed by atoms with Gasteiger partial charge in [0.2, 0.25) is 5.91 Å². The highest BCUT2D eigenvalue weighted by Crippen LogP contribution is 2.58. The quantitative estimate of drug-likeness (QED) is 0.827. The summed E-state index contributed by atoms with van der Waals surface area (Å²) in [6.45, 7) is 4.10. The number of anilines is 1. The summed E-state index contributed by atoms with van der Waals surface area (Å²) in [7, 11) is 1.66. The molecule has 0 radical (unpaired) electrons. The van der Waals surface area contributed by atoms with E-state index in [-0.39, 0.29) is 29.6 Å². The smallest absolute Gasteiger partial charge is 0.229 e. The molecule has 1 aromatic carbocycles. The van der Waals surface area contributed by atoms with Crippen LogP contribution in [-0.4, -0.2) is 31.1 Å². The number of rotatable bonds is 4. The van der Waals surface area contributed by atoms with E-state index in [0.29, 0.717) is 5.13 Å². The first-order valence-electron chi connectivity index (χ1n) is 8.73. The second-order valence-corrected chi connectivity index (χ2v) is 7.96. The van der Waals surface area contributed by atoms with Crippen LogP contribution in [0.5, 0.6) is 5.75 Å². The van der Waals surface area contributed by atoms with Gasteiger partial charge in [0, 0.05) is 16.9 Å². The maximum absolute atomic E-state index is 12.6. The number of benzene rings is 1. The molecule has 2 fully saturated rings. The van der Waals surface area contributed by atoms with E-state index in [9.17, 15) is 4.79 Å². The molecule has 2 aromatic rings. The van der Waals surface area contributed by atoms with Crippen LogP contribution in [0.2, 0.25) is 0 Å². The molecule has 1 saturated heterocycles. The monoisotopic (exact) mass is 393 g/mol. The summed E-state index contributed by atoms with van der Waals surface area (Å²) in [5, 5.41) is 9.04. The van der Waals surface area contributed by atoms with E-state index in [1.54, 1.807) is 7.11 Å². The summed E-state index contributed by atoms with van der Waals surface area (Å²) in [6.07, 6.45) is 3.23. The molecule has 140 valence electrons. The SMILES string of the molecule is COc1ccc(C)cc1-c1csc(NC(=O)C2CC23CCNCC3)n1.Cl. The molecule has 1 amide bonds. The molecule has 1 atom stereocenters. The zero-order valence-corrected chi connectivity index (χ0v) is 16.6. The van der Waals surface area contributed by atoms with Gasteiger partial charge in [0.25, 0.3) is 0 Å². The van der Waals surface area contributed by atoms with Gasteiger partial charge in [-0.05, 0) is 56.8 Å². The van der Waals surface area contributed by atoms with Gasteiger partial charge < -0.3 is 15.4 Å². The van der Waals surface area contributed by atoms with Crippen molar-refractivity contribution < 1.29 is 9.53 Å². The lowest BCUT2D eigenvalue weighted by molar-refractivity contribution is -0.118. The van der Waals surface area contributed by atoms with Gasteiger partial charge in [0.1, 0.15) is 5.75 Å². The number of methoxy groups -OCH3 is 1. The topological polar surface area (TPSA) is 63.2 Å². The van der Waals surface area contributed by atoms with Crippen LogP contribution < -0.4 is 15.4 Å². The van der Waals surface area contributed by atoms with E-state index in [4.69, 9.17) is 4.74 Å². The van der Waals surface area contributed by atoms with Crippen molar-refractivity contribution in [2.24, 2.45) is 11.3 Å². The lowest BCUT2D eigenvalue weighted by Gasteiger charge is -2.22. The molecule has 1 aliphatic carbocycles.